The summed E-state index contributed by atoms with van der Waals surface area (Å²) in [6.45, 7) is 6.02. The molecule has 7 heteroatoms. The van der Waals surface area contributed by atoms with Crippen molar-refractivity contribution in [3.05, 3.63) is 65.2 Å². The highest BCUT2D eigenvalue weighted by Crippen LogP contribution is 2.34. The molecule has 2 amide bonds. The molecule has 1 saturated heterocycles. The number of carbonyl (C=O) groups is 3. The number of anilines is 1. The molecule has 2 aliphatic heterocycles. The summed E-state index contributed by atoms with van der Waals surface area (Å²) in [6.07, 6.45) is 1.91. The molecule has 2 aliphatic rings. The van der Waals surface area contributed by atoms with Gasteiger partial charge in [0.2, 0.25) is 0 Å². The minimum absolute atomic E-state index is 0.0298. The highest BCUT2D eigenvalue weighted by atomic mass is 16.5. The number of amides is 2. The largest absolute Gasteiger partial charge is 0.466 e. The summed E-state index contributed by atoms with van der Waals surface area (Å²) in [5, 5.41) is 3.47. The van der Waals surface area contributed by atoms with Crippen LogP contribution in [0.4, 0.5) is 5.69 Å². The van der Waals surface area contributed by atoms with E-state index in [1.54, 1.807) is 11.8 Å². The van der Waals surface area contributed by atoms with Crippen molar-refractivity contribution in [1.82, 2.24) is 9.80 Å². The monoisotopic (exact) mass is 449 g/mol. The minimum atomic E-state index is -0.225. The number of esters is 1. The first-order chi connectivity index (χ1) is 16.0. The zero-order valence-electron chi connectivity index (χ0n) is 19.3. The fourth-order valence-electron chi connectivity index (χ4n) is 4.63. The van der Waals surface area contributed by atoms with Gasteiger partial charge in [0, 0.05) is 42.0 Å². The third-order valence-electron chi connectivity index (χ3n) is 6.36. The van der Waals surface area contributed by atoms with Crippen LogP contribution >= 0.6 is 0 Å². The number of fused-ring (bicyclic) bond motifs is 1. The first-order valence-electron chi connectivity index (χ1n) is 11.8. The smallest absolute Gasteiger partial charge is 0.309 e. The van der Waals surface area contributed by atoms with Gasteiger partial charge >= 0.3 is 5.97 Å². The quantitative estimate of drug-likeness (QED) is 0.645. The molecule has 0 spiro atoms. The second-order valence-electron chi connectivity index (χ2n) is 8.53. The van der Waals surface area contributed by atoms with Gasteiger partial charge in [0.25, 0.3) is 11.8 Å². The van der Waals surface area contributed by atoms with Gasteiger partial charge in [-0.2, -0.15) is 0 Å². The van der Waals surface area contributed by atoms with E-state index in [4.69, 9.17) is 4.74 Å². The van der Waals surface area contributed by atoms with E-state index in [1.165, 1.54) is 0 Å². The Morgan fingerprint density at radius 1 is 1.03 bits per heavy atom. The minimum Gasteiger partial charge on any atom is -0.466 e. The van der Waals surface area contributed by atoms with Crippen LogP contribution < -0.4 is 5.32 Å². The molecule has 0 bridgehead atoms. The molecule has 0 saturated carbocycles. The number of nitrogens with one attached hydrogen (secondary N) is 1. The number of carbonyl (C=O) groups excluding carboxylic acids is 3. The zero-order chi connectivity index (χ0) is 23.4. The van der Waals surface area contributed by atoms with Crippen molar-refractivity contribution < 1.29 is 19.1 Å². The van der Waals surface area contributed by atoms with E-state index in [0.29, 0.717) is 44.6 Å². The number of likely N-dealkylation sites (tertiary alicyclic amines) is 1. The Kier molecular flexibility index (Phi) is 6.96. The molecular formula is C26H31N3O4. The number of nitrogens with zero attached hydrogens (tertiary/aromatic N) is 2. The SMILES string of the molecule is CCCN1C(=O)c2ccccc2C1Nc1ccc(C(=O)N2CCC(C(=O)OCC)CC2)cc1. The van der Waals surface area contributed by atoms with E-state index in [0.717, 1.165) is 23.2 Å². The van der Waals surface area contributed by atoms with Crippen molar-refractivity contribution in [2.24, 2.45) is 5.92 Å². The highest BCUT2D eigenvalue weighted by molar-refractivity contribution is 5.99. The summed E-state index contributed by atoms with van der Waals surface area (Å²) < 4.78 is 5.11. The molecular weight excluding hydrogens is 418 g/mol. The maximum Gasteiger partial charge on any atom is 0.309 e. The summed E-state index contributed by atoms with van der Waals surface area (Å²) in [4.78, 5) is 41.3. The summed E-state index contributed by atoms with van der Waals surface area (Å²) in [5.41, 5.74) is 3.17. The Labute approximate surface area is 194 Å². The molecule has 2 aromatic carbocycles. The van der Waals surface area contributed by atoms with Crippen LogP contribution in [0.5, 0.6) is 0 Å². The van der Waals surface area contributed by atoms with Gasteiger partial charge in [-0.15, -0.1) is 0 Å². The number of hydrogen-bond donors (Lipinski definition) is 1. The number of ether oxygens (including phenoxy) is 1. The van der Waals surface area contributed by atoms with Gasteiger partial charge in [0.15, 0.2) is 0 Å². The van der Waals surface area contributed by atoms with E-state index in [9.17, 15) is 14.4 Å². The summed E-state index contributed by atoms with van der Waals surface area (Å²) >= 11 is 0. The molecule has 1 N–H and O–H groups in total. The summed E-state index contributed by atoms with van der Waals surface area (Å²) in [5.74, 6) is -0.270. The lowest BCUT2D eigenvalue weighted by Gasteiger charge is -2.31. The Hall–Kier alpha value is -3.35. The second-order valence-corrected chi connectivity index (χ2v) is 8.53. The first kappa shape index (κ1) is 22.8. The number of rotatable bonds is 7. The predicted molar refractivity (Wildman–Crippen MR) is 126 cm³/mol. The standard InChI is InChI=1S/C26H31N3O4/c1-3-15-29-23(21-7-5-6-8-22(21)25(29)31)27-20-11-9-18(10-12-20)24(30)28-16-13-19(14-17-28)26(32)33-4-2/h5-12,19,23,27H,3-4,13-17H2,1-2H3. The number of piperidine rings is 1. The van der Waals surface area contributed by atoms with Crippen molar-refractivity contribution >= 4 is 23.5 Å². The Morgan fingerprint density at radius 2 is 1.73 bits per heavy atom. The van der Waals surface area contributed by atoms with Crippen LogP contribution in [-0.4, -0.2) is 53.8 Å². The van der Waals surface area contributed by atoms with Crippen molar-refractivity contribution in [3.8, 4) is 0 Å². The van der Waals surface area contributed by atoms with Crippen LogP contribution in [0.3, 0.4) is 0 Å². The second kappa shape index (κ2) is 10.1. The van der Waals surface area contributed by atoms with Crippen LogP contribution in [0.1, 0.15) is 65.6 Å². The van der Waals surface area contributed by atoms with Crippen LogP contribution in [0.2, 0.25) is 0 Å². The van der Waals surface area contributed by atoms with Gasteiger partial charge in [-0.05, 0) is 56.5 Å². The van der Waals surface area contributed by atoms with Crippen LogP contribution in [0.15, 0.2) is 48.5 Å². The van der Waals surface area contributed by atoms with Crippen LogP contribution in [-0.2, 0) is 9.53 Å². The van der Waals surface area contributed by atoms with Gasteiger partial charge in [-0.25, -0.2) is 0 Å². The molecule has 1 fully saturated rings. The Bertz CT molecular complexity index is 1010. The molecule has 1 unspecified atom stereocenters. The summed E-state index contributed by atoms with van der Waals surface area (Å²) in [7, 11) is 0. The molecule has 1 atom stereocenters. The molecule has 7 nitrogen and oxygen atoms in total. The van der Waals surface area contributed by atoms with Crippen molar-refractivity contribution in [2.45, 2.75) is 39.3 Å². The third-order valence-corrected chi connectivity index (χ3v) is 6.36. The van der Waals surface area contributed by atoms with E-state index in [2.05, 4.69) is 12.2 Å². The number of hydrogen-bond acceptors (Lipinski definition) is 5. The van der Waals surface area contributed by atoms with E-state index < -0.39 is 0 Å². The van der Waals surface area contributed by atoms with E-state index >= 15 is 0 Å². The van der Waals surface area contributed by atoms with Crippen LogP contribution in [0.25, 0.3) is 0 Å². The maximum atomic E-state index is 12.9. The van der Waals surface area contributed by atoms with Gasteiger partial charge in [-0.1, -0.05) is 25.1 Å². The van der Waals surface area contributed by atoms with E-state index in [1.807, 2.05) is 53.4 Å². The molecule has 2 heterocycles. The van der Waals surface area contributed by atoms with Gasteiger partial charge in [0.05, 0.1) is 12.5 Å². The predicted octanol–water partition coefficient (Wildman–Crippen LogP) is 4.08. The molecule has 0 aromatic heterocycles. The summed E-state index contributed by atoms with van der Waals surface area (Å²) in [6, 6.07) is 15.1. The molecule has 174 valence electrons. The van der Waals surface area contributed by atoms with Gasteiger partial charge in [0.1, 0.15) is 6.17 Å². The molecule has 33 heavy (non-hydrogen) atoms. The van der Waals surface area contributed by atoms with Gasteiger partial charge < -0.3 is 19.9 Å². The third kappa shape index (κ3) is 4.72. The first-order valence-corrected chi connectivity index (χ1v) is 11.8. The van der Waals surface area contributed by atoms with Crippen molar-refractivity contribution in [3.63, 3.8) is 0 Å². The molecule has 0 radical (unpaired) electrons. The topological polar surface area (TPSA) is 79.0 Å². The lowest BCUT2D eigenvalue weighted by atomic mass is 9.96. The van der Waals surface area contributed by atoms with Crippen molar-refractivity contribution in [1.29, 1.82) is 0 Å². The Morgan fingerprint density at radius 3 is 2.39 bits per heavy atom. The van der Waals surface area contributed by atoms with E-state index in [-0.39, 0.29) is 29.9 Å². The van der Waals surface area contributed by atoms with Crippen molar-refractivity contribution in [2.75, 3.05) is 31.6 Å². The molecule has 2 aromatic rings. The van der Waals surface area contributed by atoms with Gasteiger partial charge in [-0.3, -0.25) is 14.4 Å². The highest BCUT2D eigenvalue weighted by Gasteiger charge is 2.36. The average molecular weight is 450 g/mol. The average Bonchev–Trinajstić information content (AvgIpc) is 3.11. The molecule has 0 aliphatic carbocycles. The Balaban J connectivity index is 1.41. The normalized spacial score (nSPS) is 18.2. The fourth-order valence-corrected chi connectivity index (χ4v) is 4.63. The van der Waals surface area contributed by atoms with Crippen LogP contribution in [0, 0.1) is 5.92 Å². The lowest BCUT2D eigenvalue weighted by Crippen LogP contribution is -2.40. The molecule has 4 rings (SSSR count). The number of benzene rings is 2. The lowest BCUT2D eigenvalue weighted by molar-refractivity contribution is -0.149. The maximum absolute atomic E-state index is 12.9. The zero-order valence-corrected chi connectivity index (χ0v) is 19.3. The fraction of sp³-hybridized carbons (Fsp3) is 0.423.